The van der Waals surface area contributed by atoms with E-state index in [4.69, 9.17) is 18.9 Å². The van der Waals surface area contributed by atoms with Crippen LogP contribution in [-0.2, 0) is 27.4 Å². The molecule has 0 amide bonds. The molecule has 0 saturated carbocycles. The first-order valence-corrected chi connectivity index (χ1v) is 24.2. The summed E-state index contributed by atoms with van der Waals surface area (Å²) in [6.45, 7) is 4.22. The summed E-state index contributed by atoms with van der Waals surface area (Å²) < 4.78 is 23.0. The van der Waals surface area contributed by atoms with Crippen LogP contribution >= 0.6 is 46.2 Å². The number of Topliss-reactive ketones (excluding diaryl/α,β-unsaturated/α-hetero) is 2. The fourth-order valence-corrected chi connectivity index (χ4v) is 12.8. The summed E-state index contributed by atoms with van der Waals surface area (Å²) in [4.78, 5) is 53.2. The maximum atomic E-state index is 13.6. The fraction of sp³-hybridized carbons (Fsp3) is 0.280. The molecular weight excluding hydrogens is 857 g/mol. The summed E-state index contributed by atoms with van der Waals surface area (Å²) in [7, 11) is 3.27. The summed E-state index contributed by atoms with van der Waals surface area (Å²) in [6, 6.07) is 35.9. The van der Waals surface area contributed by atoms with Crippen molar-refractivity contribution in [2.75, 3.05) is 27.4 Å². The first-order chi connectivity index (χ1) is 30.2. The van der Waals surface area contributed by atoms with Crippen molar-refractivity contribution >= 4 is 69.7 Å². The van der Waals surface area contributed by atoms with Gasteiger partial charge >= 0.3 is 11.9 Å². The van der Waals surface area contributed by atoms with E-state index in [1.807, 2.05) is 84.9 Å². The lowest BCUT2D eigenvalue weighted by atomic mass is 9.79. The molecule has 62 heavy (non-hydrogen) atoms. The van der Waals surface area contributed by atoms with Crippen LogP contribution in [-0.4, -0.2) is 50.9 Å². The van der Waals surface area contributed by atoms with Gasteiger partial charge in [0.15, 0.2) is 11.6 Å². The van der Waals surface area contributed by atoms with Gasteiger partial charge in [0.1, 0.15) is 21.3 Å². The second-order valence-electron chi connectivity index (χ2n) is 14.6. The van der Waals surface area contributed by atoms with Crippen LogP contribution in [0.3, 0.4) is 0 Å². The Morgan fingerprint density at radius 3 is 1.58 bits per heavy atom. The van der Waals surface area contributed by atoms with Gasteiger partial charge in [-0.05, 0) is 90.8 Å². The van der Waals surface area contributed by atoms with Crippen LogP contribution in [0.4, 0.5) is 0 Å². The number of fused-ring (bicyclic) bond motifs is 2. The number of thioether (sulfide) groups is 2. The van der Waals surface area contributed by atoms with Crippen LogP contribution in [0.1, 0.15) is 118 Å². The molecule has 8 nitrogen and oxygen atoms in total. The van der Waals surface area contributed by atoms with Gasteiger partial charge in [-0.15, -0.1) is 46.2 Å². The normalized spacial score (nSPS) is 15.4. The van der Waals surface area contributed by atoms with Gasteiger partial charge in [-0.3, -0.25) is 9.59 Å². The van der Waals surface area contributed by atoms with Gasteiger partial charge in [-0.1, -0.05) is 84.9 Å². The Bertz CT molecular complexity index is 2490. The van der Waals surface area contributed by atoms with Crippen LogP contribution in [0.15, 0.2) is 118 Å². The number of ether oxygens (including phenoxy) is 4. The molecule has 0 radical (unpaired) electrons. The molecule has 8 rings (SSSR count). The molecule has 2 aliphatic carbocycles. The number of rotatable bonds is 14. The molecule has 0 aliphatic heterocycles. The Kier molecular flexibility index (Phi) is 15.4. The predicted molar refractivity (Wildman–Crippen MR) is 249 cm³/mol. The van der Waals surface area contributed by atoms with Crippen molar-refractivity contribution in [2.24, 2.45) is 0 Å². The number of benzene rings is 4. The molecule has 2 unspecified atom stereocenters. The minimum atomic E-state index is -0.344. The van der Waals surface area contributed by atoms with E-state index in [9.17, 15) is 19.2 Å². The van der Waals surface area contributed by atoms with Crippen molar-refractivity contribution < 1.29 is 38.1 Å². The van der Waals surface area contributed by atoms with Crippen LogP contribution in [0, 0.1) is 0 Å². The Hall–Kier alpha value is -5.14. The number of carbonyl (C=O) groups is 4. The molecule has 12 heteroatoms. The first-order valence-electron chi connectivity index (χ1n) is 20.6. The van der Waals surface area contributed by atoms with Crippen LogP contribution in [0.5, 0.6) is 11.5 Å². The summed E-state index contributed by atoms with van der Waals surface area (Å²) in [6.07, 6.45) is 2.53. The maximum Gasteiger partial charge on any atom is 0.348 e. The van der Waals surface area contributed by atoms with Crippen molar-refractivity contribution in [2.45, 2.75) is 71.3 Å². The Morgan fingerprint density at radius 2 is 1.06 bits per heavy atom. The van der Waals surface area contributed by atoms with E-state index in [0.29, 0.717) is 59.8 Å². The topological polar surface area (TPSA) is 105 Å². The van der Waals surface area contributed by atoms with E-state index in [-0.39, 0.29) is 35.3 Å². The molecule has 320 valence electrons. The number of hydrogen-bond donors (Lipinski definition) is 0. The van der Waals surface area contributed by atoms with Crippen molar-refractivity contribution in [1.29, 1.82) is 0 Å². The van der Waals surface area contributed by atoms with Crippen molar-refractivity contribution in [3.05, 3.63) is 163 Å². The van der Waals surface area contributed by atoms with E-state index in [0.717, 1.165) is 53.7 Å². The van der Waals surface area contributed by atoms with Gasteiger partial charge in [0.05, 0.1) is 35.9 Å². The molecule has 0 spiro atoms. The lowest BCUT2D eigenvalue weighted by molar-refractivity contribution is 0.0520. The van der Waals surface area contributed by atoms with Crippen molar-refractivity contribution in [3.63, 3.8) is 0 Å². The van der Waals surface area contributed by atoms with Crippen molar-refractivity contribution in [1.82, 2.24) is 0 Å². The summed E-state index contributed by atoms with van der Waals surface area (Å²) in [5, 5.41) is 0. The van der Waals surface area contributed by atoms with E-state index in [2.05, 4.69) is 24.3 Å². The zero-order valence-corrected chi connectivity index (χ0v) is 38.4. The standard InChI is InChI=1S/2C25H24O4S2/c1-3-29-24(27)23-20-14-13-19(17-9-11-18(28-2)12-10-17)22(26)21(20)25(31-23)30-15-16-7-5-4-6-8-16;1-3-29-24(27)23-21-19(17-9-11-18(28-2)12-10-17)13-14-20(26)22(21)25(31-23)30-15-16-7-5-4-6-8-16/h2*4-12,19H,3,13-15H2,1-2H3. The SMILES string of the molecule is CCOC(=O)c1sc(SCc2ccccc2)c2c1C(c1ccc(OC)cc1)CCC2=O.CCOC(=O)c1sc(SCc2ccccc2)c2c1CCC(c1ccc(OC)cc1)C2=O. The Morgan fingerprint density at radius 1 is 0.597 bits per heavy atom. The number of methoxy groups -OCH3 is 2. The molecule has 4 aromatic carbocycles. The van der Waals surface area contributed by atoms with E-state index in [1.54, 1.807) is 51.6 Å². The third-order valence-electron chi connectivity index (χ3n) is 10.8. The van der Waals surface area contributed by atoms with E-state index >= 15 is 0 Å². The Labute approximate surface area is 379 Å². The van der Waals surface area contributed by atoms with Gasteiger partial charge in [-0.25, -0.2) is 9.59 Å². The zero-order valence-electron chi connectivity index (χ0n) is 35.1. The number of ketones is 2. The number of hydrogen-bond acceptors (Lipinski definition) is 12. The number of carbonyl (C=O) groups excluding carboxylic acids is 4. The van der Waals surface area contributed by atoms with Gasteiger partial charge in [-0.2, -0.15) is 0 Å². The molecule has 2 aliphatic rings. The van der Waals surface area contributed by atoms with Crippen LogP contribution < -0.4 is 9.47 Å². The summed E-state index contributed by atoms with van der Waals surface area (Å²) in [5.41, 5.74) is 7.54. The molecular formula is C50H48O8S4. The zero-order chi connectivity index (χ0) is 43.6. The lowest BCUT2D eigenvalue weighted by Gasteiger charge is -2.24. The predicted octanol–water partition coefficient (Wildman–Crippen LogP) is 12.5. The smallest absolute Gasteiger partial charge is 0.348 e. The van der Waals surface area contributed by atoms with E-state index in [1.165, 1.54) is 33.8 Å². The van der Waals surface area contributed by atoms with Crippen LogP contribution in [0.2, 0.25) is 0 Å². The highest BCUT2D eigenvalue weighted by Gasteiger charge is 2.38. The molecule has 2 heterocycles. The van der Waals surface area contributed by atoms with Gasteiger partial charge in [0.2, 0.25) is 0 Å². The van der Waals surface area contributed by atoms with Crippen LogP contribution in [0.25, 0.3) is 0 Å². The molecule has 0 saturated heterocycles. The quantitative estimate of drug-likeness (QED) is 0.0775. The van der Waals surface area contributed by atoms with Gasteiger partial charge in [0.25, 0.3) is 0 Å². The highest BCUT2D eigenvalue weighted by atomic mass is 32.2. The molecule has 2 aromatic heterocycles. The maximum absolute atomic E-state index is 13.6. The van der Waals surface area contributed by atoms with Gasteiger partial charge in [0, 0.05) is 40.9 Å². The second kappa shape index (κ2) is 21.3. The highest BCUT2D eigenvalue weighted by Crippen LogP contribution is 2.49. The fourth-order valence-electron chi connectivity index (χ4n) is 7.77. The molecule has 0 bridgehead atoms. The molecule has 0 N–H and O–H groups in total. The monoisotopic (exact) mass is 904 g/mol. The summed E-state index contributed by atoms with van der Waals surface area (Å²) >= 11 is 6.04. The molecule has 2 atom stereocenters. The van der Waals surface area contributed by atoms with E-state index < -0.39 is 0 Å². The highest BCUT2D eigenvalue weighted by molar-refractivity contribution is 8.00. The average Bonchev–Trinajstić information content (AvgIpc) is 3.89. The lowest BCUT2D eigenvalue weighted by Crippen LogP contribution is -2.21. The third kappa shape index (κ3) is 10.2. The number of thiophene rings is 2. The minimum absolute atomic E-state index is 0.0136. The van der Waals surface area contributed by atoms with Crippen molar-refractivity contribution in [3.8, 4) is 11.5 Å². The van der Waals surface area contributed by atoms with Gasteiger partial charge < -0.3 is 18.9 Å². The first kappa shape index (κ1) is 44.9. The minimum Gasteiger partial charge on any atom is -0.497 e. The third-order valence-corrected chi connectivity index (χ3v) is 15.9. The molecule has 6 aromatic rings. The molecule has 0 fully saturated rings. The largest absolute Gasteiger partial charge is 0.497 e. The number of esters is 2. The average molecular weight is 905 g/mol. The second-order valence-corrected chi connectivity index (χ2v) is 19.1. The Balaban J connectivity index is 0.000000186. The summed E-state index contributed by atoms with van der Waals surface area (Å²) in [5.74, 6) is 2.36.